The summed E-state index contributed by atoms with van der Waals surface area (Å²) < 4.78 is 0. The van der Waals surface area contributed by atoms with Crippen molar-refractivity contribution in [3.63, 3.8) is 0 Å². The average Bonchev–Trinajstić information content (AvgIpc) is 3.49. The van der Waals surface area contributed by atoms with Gasteiger partial charge in [-0.05, 0) is 78.2 Å². The molecule has 0 spiro atoms. The van der Waals surface area contributed by atoms with Crippen LogP contribution in [0.25, 0.3) is 0 Å². The van der Waals surface area contributed by atoms with Gasteiger partial charge in [0.15, 0.2) is 0 Å². The SMILES string of the molecule is CCc1cc(C2CCC(CCCCC3CC3)CC2)c(C=N)cc1C=N. The molecule has 0 bridgehead atoms. The van der Waals surface area contributed by atoms with Crippen molar-refractivity contribution >= 4 is 12.4 Å². The first-order valence-corrected chi connectivity index (χ1v) is 10.4. The van der Waals surface area contributed by atoms with Crippen LogP contribution in [0.2, 0.25) is 0 Å². The maximum atomic E-state index is 7.79. The standard InChI is InChI=1S/C23H34N2/c1-2-19-14-23(22(16-25)13-21(19)15-24)20-11-9-18(10-12-20)6-4-3-5-17-7-8-17/h13-18,20,24-25H,2-12H2,1H3. The molecule has 0 aliphatic heterocycles. The molecule has 1 aromatic rings. The van der Waals surface area contributed by atoms with E-state index in [1.807, 2.05) is 0 Å². The topological polar surface area (TPSA) is 47.7 Å². The van der Waals surface area contributed by atoms with Crippen LogP contribution < -0.4 is 0 Å². The summed E-state index contributed by atoms with van der Waals surface area (Å²) in [6, 6.07) is 4.35. The maximum absolute atomic E-state index is 7.79. The van der Waals surface area contributed by atoms with E-state index in [0.29, 0.717) is 5.92 Å². The Morgan fingerprint density at radius 2 is 1.40 bits per heavy atom. The molecule has 0 atom stereocenters. The number of rotatable bonds is 9. The molecule has 2 nitrogen and oxygen atoms in total. The molecule has 2 heteroatoms. The van der Waals surface area contributed by atoms with Gasteiger partial charge in [-0.1, -0.05) is 51.5 Å². The molecule has 0 radical (unpaired) electrons. The van der Waals surface area contributed by atoms with Crippen molar-refractivity contribution in [2.45, 2.75) is 83.5 Å². The second kappa shape index (κ2) is 8.78. The van der Waals surface area contributed by atoms with Gasteiger partial charge >= 0.3 is 0 Å². The Labute approximate surface area is 153 Å². The molecule has 2 saturated carbocycles. The largest absolute Gasteiger partial charge is 0.308 e. The van der Waals surface area contributed by atoms with Crippen LogP contribution in [0.15, 0.2) is 12.1 Å². The van der Waals surface area contributed by atoms with Crippen molar-refractivity contribution in [1.82, 2.24) is 0 Å². The lowest BCUT2D eigenvalue weighted by Crippen LogP contribution is -2.15. The van der Waals surface area contributed by atoms with E-state index >= 15 is 0 Å². The average molecular weight is 339 g/mol. The van der Waals surface area contributed by atoms with E-state index < -0.39 is 0 Å². The van der Waals surface area contributed by atoms with Crippen LogP contribution in [0.5, 0.6) is 0 Å². The number of aryl methyl sites for hydroxylation is 1. The molecule has 0 unspecified atom stereocenters. The van der Waals surface area contributed by atoms with Crippen molar-refractivity contribution in [2.75, 3.05) is 0 Å². The highest BCUT2D eigenvalue weighted by Crippen LogP contribution is 2.40. The summed E-state index contributed by atoms with van der Waals surface area (Å²) >= 11 is 0. The molecule has 2 aliphatic carbocycles. The highest BCUT2D eigenvalue weighted by molar-refractivity contribution is 5.87. The molecule has 136 valence electrons. The van der Waals surface area contributed by atoms with Crippen molar-refractivity contribution in [1.29, 1.82) is 10.8 Å². The predicted molar refractivity (Wildman–Crippen MR) is 107 cm³/mol. The first kappa shape index (κ1) is 18.4. The lowest BCUT2D eigenvalue weighted by Gasteiger charge is -2.30. The zero-order chi connectivity index (χ0) is 17.6. The quantitative estimate of drug-likeness (QED) is 0.382. The second-order valence-electron chi connectivity index (χ2n) is 8.27. The van der Waals surface area contributed by atoms with Gasteiger partial charge in [-0.25, -0.2) is 0 Å². The fraction of sp³-hybridized carbons (Fsp3) is 0.652. The van der Waals surface area contributed by atoms with Crippen LogP contribution in [0.1, 0.15) is 99.3 Å². The van der Waals surface area contributed by atoms with E-state index in [1.54, 1.807) is 0 Å². The van der Waals surface area contributed by atoms with Crippen LogP contribution >= 0.6 is 0 Å². The highest BCUT2D eigenvalue weighted by atomic mass is 14.4. The molecular formula is C23H34N2. The molecule has 0 saturated heterocycles. The predicted octanol–water partition coefficient (Wildman–Crippen LogP) is 6.49. The summed E-state index contributed by atoms with van der Waals surface area (Å²) in [7, 11) is 0. The van der Waals surface area contributed by atoms with Gasteiger partial charge in [0, 0.05) is 12.4 Å². The summed E-state index contributed by atoms with van der Waals surface area (Å²) in [6.45, 7) is 2.16. The van der Waals surface area contributed by atoms with Gasteiger partial charge in [-0.2, -0.15) is 0 Å². The van der Waals surface area contributed by atoms with Gasteiger partial charge in [0.25, 0.3) is 0 Å². The third-order valence-corrected chi connectivity index (χ3v) is 6.50. The van der Waals surface area contributed by atoms with Gasteiger partial charge in [-0.15, -0.1) is 0 Å². The molecule has 0 amide bonds. The first-order valence-electron chi connectivity index (χ1n) is 10.4. The number of hydrogen-bond donors (Lipinski definition) is 2. The van der Waals surface area contributed by atoms with E-state index in [1.165, 1.54) is 87.8 Å². The number of nitrogens with one attached hydrogen (secondary N) is 2. The first-order chi connectivity index (χ1) is 12.2. The van der Waals surface area contributed by atoms with Crippen molar-refractivity contribution in [3.8, 4) is 0 Å². The fourth-order valence-corrected chi connectivity index (χ4v) is 4.65. The Kier molecular flexibility index (Phi) is 6.45. The number of unbranched alkanes of at least 4 members (excludes halogenated alkanes) is 1. The second-order valence-corrected chi connectivity index (χ2v) is 8.27. The molecule has 2 aliphatic rings. The Bertz CT molecular complexity index is 592. The summed E-state index contributed by atoms with van der Waals surface area (Å²) in [5.41, 5.74) is 4.64. The maximum Gasteiger partial charge on any atom is 0.0253 e. The molecule has 3 rings (SSSR count). The molecular weight excluding hydrogens is 304 g/mol. The molecule has 2 fully saturated rings. The van der Waals surface area contributed by atoms with Gasteiger partial charge in [0.1, 0.15) is 0 Å². The van der Waals surface area contributed by atoms with E-state index in [9.17, 15) is 0 Å². The van der Waals surface area contributed by atoms with Crippen LogP contribution in [0, 0.1) is 22.7 Å². The van der Waals surface area contributed by atoms with E-state index in [0.717, 1.165) is 29.4 Å². The monoisotopic (exact) mass is 338 g/mol. The Morgan fingerprint density at radius 1 is 0.840 bits per heavy atom. The van der Waals surface area contributed by atoms with Gasteiger partial charge < -0.3 is 10.8 Å². The lowest BCUT2D eigenvalue weighted by atomic mass is 9.75. The summed E-state index contributed by atoms with van der Waals surface area (Å²) in [5.74, 6) is 2.64. The van der Waals surface area contributed by atoms with E-state index in [4.69, 9.17) is 10.8 Å². The van der Waals surface area contributed by atoms with Gasteiger partial charge in [-0.3, -0.25) is 0 Å². The smallest absolute Gasteiger partial charge is 0.0253 e. The lowest BCUT2D eigenvalue weighted by molar-refractivity contribution is 0.301. The van der Waals surface area contributed by atoms with Gasteiger partial charge in [0.05, 0.1) is 0 Å². The molecule has 1 aromatic carbocycles. The third-order valence-electron chi connectivity index (χ3n) is 6.50. The van der Waals surface area contributed by atoms with Crippen molar-refractivity contribution < 1.29 is 0 Å². The zero-order valence-corrected chi connectivity index (χ0v) is 15.8. The minimum absolute atomic E-state index is 0.615. The summed E-state index contributed by atoms with van der Waals surface area (Å²) in [6.07, 6.45) is 18.0. The number of hydrogen-bond acceptors (Lipinski definition) is 2. The zero-order valence-electron chi connectivity index (χ0n) is 15.8. The Hall–Kier alpha value is -1.44. The molecule has 0 aromatic heterocycles. The van der Waals surface area contributed by atoms with Crippen LogP contribution in [-0.4, -0.2) is 12.4 Å². The Morgan fingerprint density at radius 3 is 1.88 bits per heavy atom. The Balaban J connectivity index is 1.56. The molecule has 2 N–H and O–H groups in total. The van der Waals surface area contributed by atoms with Crippen LogP contribution in [0.4, 0.5) is 0 Å². The van der Waals surface area contributed by atoms with Crippen molar-refractivity contribution in [2.24, 2.45) is 11.8 Å². The summed E-state index contributed by atoms with van der Waals surface area (Å²) in [5, 5.41) is 15.4. The van der Waals surface area contributed by atoms with E-state index in [-0.39, 0.29) is 0 Å². The van der Waals surface area contributed by atoms with E-state index in [2.05, 4.69) is 19.1 Å². The van der Waals surface area contributed by atoms with Crippen molar-refractivity contribution in [3.05, 3.63) is 34.4 Å². The third kappa shape index (κ3) is 4.80. The highest BCUT2D eigenvalue weighted by Gasteiger charge is 2.25. The van der Waals surface area contributed by atoms with Crippen LogP contribution in [-0.2, 0) is 6.42 Å². The van der Waals surface area contributed by atoms with Gasteiger partial charge in [0.2, 0.25) is 0 Å². The minimum Gasteiger partial charge on any atom is -0.308 e. The molecule has 25 heavy (non-hydrogen) atoms. The minimum atomic E-state index is 0.615. The number of benzene rings is 1. The normalized spacial score (nSPS) is 23.4. The fourth-order valence-electron chi connectivity index (χ4n) is 4.65. The summed E-state index contributed by atoms with van der Waals surface area (Å²) in [4.78, 5) is 0. The van der Waals surface area contributed by atoms with Crippen LogP contribution in [0.3, 0.4) is 0 Å². The molecule has 0 heterocycles.